The first-order chi connectivity index (χ1) is 9.18. The summed E-state index contributed by atoms with van der Waals surface area (Å²) in [5.74, 6) is -0.708. The smallest absolute Gasteiger partial charge is 0.449 e. The molecule has 0 saturated heterocycles. The van der Waals surface area contributed by atoms with Gasteiger partial charge >= 0.3 is 12.3 Å². The molecule has 0 saturated carbocycles. The molecule has 0 spiro atoms. The van der Waals surface area contributed by atoms with Gasteiger partial charge in [-0.2, -0.15) is 13.2 Å². The fraction of sp³-hybridized carbons (Fsp3) is 0.182. The molecule has 1 heterocycles. The van der Waals surface area contributed by atoms with Crippen molar-refractivity contribution in [3.8, 4) is 0 Å². The molecule has 9 heteroatoms. The van der Waals surface area contributed by atoms with E-state index in [1.165, 1.54) is 12.1 Å². The minimum atomic E-state index is -4.66. The van der Waals surface area contributed by atoms with Gasteiger partial charge < -0.3 is 9.84 Å². The molecule has 0 bridgehead atoms. The highest BCUT2D eigenvalue weighted by atomic mass is 35.5. The topological polar surface area (TPSA) is 46.5 Å². The van der Waals surface area contributed by atoms with E-state index in [1.54, 1.807) is 0 Å². The number of ether oxygens (including phenoxy) is 1. The highest BCUT2D eigenvalue weighted by Crippen LogP contribution is 2.47. The van der Waals surface area contributed by atoms with Crippen LogP contribution in [0.25, 0.3) is 6.08 Å². The van der Waals surface area contributed by atoms with Crippen LogP contribution in [0.15, 0.2) is 22.8 Å². The van der Waals surface area contributed by atoms with Gasteiger partial charge in [-0.1, -0.05) is 23.2 Å². The number of rotatable bonds is 1. The Balaban J connectivity index is 2.50. The minimum Gasteiger partial charge on any atom is -0.449 e. The Kier molecular flexibility index (Phi) is 4.13. The van der Waals surface area contributed by atoms with Crippen LogP contribution in [0.3, 0.4) is 0 Å². The lowest BCUT2D eigenvalue weighted by molar-refractivity contribution is -0.127. The predicted molar refractivity (Wildman–Crippen MR) is 69.2 cm³/mol. The Morgan fingerprint density at radius 3 is 2.45 bits per heavy atom. The van der Waals surface area contributed by atoms with Gasteiger partial charge in [0.1, 0.15) is 5.76 Å². The molecule has 1 aromatic rings. The zero-order valence-corrected chi connectivity index (χ0v) is 11.7. The molecule has 1 aliphatic heterocycles. The third-order valence-corrected chi connectivity index (χ3v) is 4.42. The first-order valence-corrected chi connectivity index (χ1v) is 6.67. The number of benzene rings is 1. The average molecular weight is 345 g/mol. The van der Waals surface area contributed by atoms with Gasteiger partial charge in [0.05, 0.1) is 10.0 Å². The van der Waals surface area contributed by atoms with Gasteiger partial charge in [0, 0.05) is 4.90 Å². The molecule has 1 N–H and O–H groups in total. The van der Waals surface area contributed by atoms with Crippen molar-refractivity contribution >= 4 is 47.2 Å². The summed E-state index contributed by atoms with van der Waals surface area (Å²) in [7, 11) is 0. The molecule has 1 atom stereocenters. The summed E-state index contributed by atoms with van der Waals surface area (Å²) in [5, 5.41) is 6.68. The van der Waals surface area contributed by atoms with E-state index in [0.717, 1.165) is 6.08 Å². The predicted octanol–water partition coefficient (Wildman–Crippen LogP) is 5.07. The van der Waals surface area contributed by atoms with Crippen LogP contribution in [0.4, 0.5) is 18.0 Å². The molecule has 0 aliphatic carbocycles. The van der Waals surface area contributed by atoms with Crippen LogP contribution in [0, 0.1) is 0 Å². The van der Waals surface area contributed by atoms with Gasteiger partial charge in [-0.15, -0.1) is 11.8 Å². The maximum Gasteiger partial charge on any atom is 0.511 e. The lowest BCUT2D eigenvalue weighted by Gasteiger charge is -2.26. The Morgan fingerprint density at radius 2 is 1.90 bits per heavy atom. The zero-order chi connectivity index (χ0) is 15.1. The van der Waals surface area contributed by atoms with Crippen molar-refractivity contribution in [1.29, 1.82) is 0 Å². The van der Waals surface area contributed by atoms with Gasteiger partial charge in [-0.3, -0.25) is 0 Å². The average Bonchev–Trinajstić information content (AvgIpc) is 2.28. The second-order valence-corrected chi connectivity index (χ2v) is 5.72. The molecular weight excluding hydrogens is 340 g/mol. The second-order valence-electron chi connectivity index (χ2n) is 3.76. The van der Waals surface area contributed by atoms with E-state index in [0.29, 0.717) is 17.3 Å². The normalized spacial score (nSPS) is 18.2. The Hall–Kier alpha value is -1.05. The number of carbonyl (C=O) groups is 1. The van der Waals surface area contributed by atoms with Crippen molar-refractivity contribution in [3.63, 3.8) is 0 Å². The van der Waals surface area contributed by atoms with Gasteiger partial charge in [0.15, 0.2) is 5.25 Å². The quantitative estimate of drug-likeness (QED) is 0.723. The molecule has 2 rings (SSSR count). The summed E-state index contributed by atoms with van der Waals surface area (Å²) in [6.45, 7) is 0. The van der Waals surface area contributed by atoms with Crippen LogP contribution in [0.1, 0.15) is 5.56 Å². The number of carboxylic acid groups (broad SMARTS) is 1. The number of alkyl halides is 3. The SMILES string of the molecule is O=C(O)OC1=Cc2cc(Cl)c(Cl)cc2SC1C(F)(F)F. The van der Waals surface area contributed by atoms with E-state index in [1.807, 2.05) is 0 Å². The van der Waals surface area contributed by atoms with E-state index >= 15 is 0 Å². The maximum absolute atomic E-state index is 12.9. The molecule has 1 unspecified atom stereocenters. The van der Waals surface area contributed by atoms with E-state index in [2.05, 4.69) is 4.74 Å². The Labute approximate surface area is 125 Å². The van der Waals surface area contributed by atoms with Gasteiger partial charge in [-0.05, 0) is 23.8 Å². The lowest BCUT2D eigenvalue weighted by atomic mass is 10.1. The summed E-state index contributed by atoms with van der Waals surface area (Å²) < 4.78 is 43.0. The largest absolute Gasteiger partial charge is 0.511 e. The fourth-order valence-corrected chi connectivity index (χ4v) is 3.04. The first kappa shape index (κ1) is 15.3. The van der Waals surface area contributed by atoms with Gasteiger partial charge in [0.25, 0.3) is 0 Å². The van der Waals surface area contributed by atoms with Crippen molar-refractivity contribution in [2.24, 2.45) is 0 Å². The van der Waals surface area contributed by atoms with E-state index in [-0.39, 0.29) is 14.9 Å². The number of hydrogen-bond donors (Lipinski definition) is 1. The lowest BCUT2D eigenvalue weighted by Crippen LogP contribution is -2.31. The van der Waals surface area contributed by atoms with Crippen molar-refractivity contribution in [1.82, 2.24) is 0 Å². The highest BCUT2D eigenvalue weighted by Gasteiger charge is 2.46. The molecule has 0 fully saturated rings. The minimum absolute atomic E-state index is 0.120. The van der Waals surface area contributed by atoms with Crippen molar-refractivity contribution in [3.05, 3.63) is 33.5 Å². The zero-order valence-electron chi connectivity index (χ0n) is 9.37. The number of hydrogen-bond acceptors (Lipinski definition) is 3. The van der Waals surface area contributed by atoms with Gasteiger partial charge in [0.2, 0.25) is 0 Å². The summed E-state index contributed by atoms with van der Waals surface area (Å²) in [4.78, 5) is 10.7. The van der Waals surface area contributed by atoms with Crippen LogP contribution >= 0.6 is 35.0 Å². The molecule has 3 nitrogen and oxygen atoms in total. The highest BCUT2D eigenvalue weighted by molar-refractivity contribution is 8.00. The molecule has 108 valence electrons. The van der Waals surface area contributed by atoms with Crippen molar-refractivity contribution in [2.75, 3.05) is 0 Å². The third-order valence-electron chi connectivity index (χ3n) is 2.36. The fourth-order valence-electron chi connectivity index (χ4n) is 1.58. The summed E-state index contributed by atoms with van der Waals surface area (Å²) in [6, 6.07) is 2.65. The van der Waals surface area contributed by atoms with Crippen LogP contribution in [-0.2, 0) is 4.74 Å². The van der Waals surface area contributed by atoms with Crippen molar-refractivity contribution < 1.29 is 27.8 Å². The first-order valence-electron chi connectivity index (χ1n) is 5.03. The monoisotopic (exact) mass is 344 g/mol. The molecule has 20 heavy (non-hydrogen) atoms. The molecule has 0 amide bonds. The van der Waals surface area contributed by atoms with E-state index in [9.17, 15) is 18.0 Å². The van der Waals surface area contributed by atoms with Crippen LogP contribution < -0.4 is 0 Å². The van der Waals surface area contributed by atoms with Crippen LogP contribution in [0.2, 0.25) is 10.0 Å². The third kappa shape index (κ3) is 3.16. The molecule has 0 aromatic heterocycles. The number of thioether (sulfide) groups is 1. The maximum atomic E-state index is 12.9. The Bertz CT molecular complexity index is 601. The van der Waals surface area contributed by atoms with Crippen LogP contribution in [-0.4, -0.2) is 22.7 Å². The summed E-state index contributed by atoms with van der Waals surface area (Å²) >= 11 is 11.9. The Morgan fingerprint density at radius 1 is 1.30 bits per heavy atom. The molecule has 0 radical (unpaired) electrons. The van der Waals surface area contributed by atoms with Crippen LogP contribution in [0.5, 0.6) is 0 Å². The summed E-state index contributed by atoms with van der Waals surface area (Å²) in [5.41, 5.74) is 0.321. The molecule has 1 aromatic carbocycles. The summed E-state index contributed by atoms with van der Waals surface area (Å²) in [6.07, 6.45) is -5.47. The second kappa shape index (κ2) is 5.38. The number of halogens is 5. The van der Waals surface area contributed by atoms with Gasteiger partial charge in [-0.25, -0.2) is 4.79 Å². The molecule has 1 aliphatic rings. The van der Waals surface area contributed by atoms with E-state index < -0.39 is 23.3 Å². The number of fused-ring (bicyclic) bond motifs is 1. The molecular formula is C11H5Cl2F3O3S. The standard InChI is InChI=1S/C11H5Cl2F3O3S/c12-5-1-4-2-7(19-10(17)18)9(11(14,15)16)20-8(4)3-6(5)13/h1-3,9H,(H,17,18). The van der Waals surface area contributed by atoms with E-state index in [4.69, 9.17) is 28.3 Å². The van der Waals surface area contributed by atoms with Crippen molar-refractivity contribution in [2.45, 2.75) is 16.3 Å².